The maximum Gasteiger partial charge on any atom is 0.336 e. The fourth-order valence-electron chi connectivity index (χ4n) is 3.56. The molecule has 0 bridgehead atoms. The molecule has 2 aliphatic rings. The number of hydrogen-bond acceptors (Lipinski definition) is 7. The van der Waals surface area contributed by atoms with Gasteiger partial charge in [-0.05, 0) is 19.3 Å². The first-order valence-electron chi connectivity index (χ1n) is 8.86. The third kappa shape index (κ3) is 2.68. The molecule has 2 aromatic heterocycles. The summed E-state index contributed by atoms with van der Waals surface area (Å²) in [7, 11) is 0. The van der Waals surface area contributed by atoms with Gasteiger partial charge in [-0.25, -0.2) is 4.98 Å². The van der Waals surface area contributed by atoms with E-state index in [9.17, 15) is 10.1 Å². The summed E-state index contributed by atoms with van der Waals surface area (Å²) in [4.78, 5) is 18.2. The van der Waals surface area contributed by atoms with Gasteiger partial charge in [0.1, 0.15) is 17.3 Å². The average Bonchev–Trinajstić information content (AvgIpc) is 3.23. The Bertz CT molecular complexity index is 812. The van der Waals surface area contributed by atoms with Gasteiger partial charge in [0.15, 0.2) is 0 Å². The first-order valence-corrected chi connectivity index (χ1v) is 8.86. The Morgan fingerprint density at radius 3 is 2.88 bits per heavy atom. The molecule has 9 nitrogen and oxygen atoms in total. The quantitative estimate of drug-likeness (QED) is 0.651. The monoisotopic (exact) mass is 346 g/mol. The number of rotatable bonds is 5. The van der Waals surface area contributed by atoms with E-state index >= 15 is 0 Å². The van der Waals surface area contributed by atoms with E-state index in [1.165, 1.54) is 0 Å². The minimum absolute atomic E-state index is 0.0412. The third-order valence-electron chi connectivity index (χ3n) is 4.81. The van der Waals surface area contributed by atoms with Crippen LogP contribution in [0.3, 0.4) is 0 Å². The van der Waals surface area contributed by atoms with Crippen LogP contribution < -0.4 is 10.2 Å². The molecule has 1 fully saturated rings. The van der Waals surface area contributed by atoms with Crippen LogP contribution in [0, 0.1) is 10.1 Å². The van der Waals surface area contributed by atoms with Crippen LogP contribution in [0.2, 0.25) is 0 Å². The molecule has 4 heterocycles. The first kappa shape index (κ1) is 16.1. The number of unbranched alkanes of at least 4 members (excludes halogenated alkanes) is 1. The van der Waals surface area contributed by atoms with Crippen LogP contribution in [-0.4, -0.2) is 52.4 Å². The molecule has 0 amide bonds. The Kier molecular flexibility index (Phi) is 4.16. The number of morpholine rings is 1. The highest BCUT2D eigenvalue weighted by Crippen LogP contribution is 2.36. The third-order valence-corrected chi connectivity index (χ3v) is 4.81. The van der Waals surface area contributed by atoms with Crippen LogP contribution in [0.15, 0.2) is 0 Å². The Morgan fingerprint density at radius 2 is 2.16 bits per heavy atom. The lowest BCUT2D eigenvalue weighted by molar-refractivity contribution is -0.384. The molecule has 0 spiro atoms. The van der Waals surface area contributed by atoms with Gasteiger partial charge in [0.05, 0.1) is 18.1 Å². The van der Waals surface area contributed by atoms with Crippen molar-refractivity contribution in [1.82, 2.24) is 14.6 Å². The molecule has 4 rings (SSSR count). The molecule has 2 aliphatic heterocycles. The van der Waals surface area contributed by atoms with Gasteiger partial charge in [0.25, 0.3) is 0 Å². The van der Waals surface area contributed by atoms with Crippen LogP contribution in [0.4, 0.5) is 17.3 Å². The molecule has 0 radical (unpaired) electrons. The van der Waals surface area contributed by atoms with Gasteiger partial charge in [-0.15, -0.1) is 0 Å². The Morgan fingerprint density at radius 1 is 1.36 bits per heavy atom. The standard InChI is InChI=1S/C16H22N6O3/c1-2-3-4-12-13(22(23)24)16-18-15(20-7-9-25-10-8-20)11-5-6-17-14(11)21(16)19-12/h17H,2-10H2,1H3. The second-order valence-corrected chi connectivity index (χ2v) is 6.43. The van der Waals surface area contributed by atoms with Gasteiger partial charge < -0.3 is 15.0 Å². The molecule has 1 N–H and O–H groups in total. The molecule has 0 aromatic carbocycles. The summed E-state index contributed by atoms with van der Waals surface area (Å²) in [6, 6.07) is 0. The second kappa shape index (κ2) is 6.47. The van der Waals surface area contributed by atoms with Gasteiger partial charge >= 0.3 is 5.69 Å². The predicted molar refractivity (Wildman–Crippen MR) is 93.5 cm³/mol. The van der Waals surface area contributed by atoms with E-state index in [2.05, 4.69) is 22.2 Å². The summed E-state index contributed by atoms with van der Waals surface area (Å²) in [6.07, 6.45) is 3.28. The zero-order valence-electron chi connectivity index (χ0n) is 14.3. The van der Waals surface area contributed by atoms with Crippen LogP contribution in [0.5, 0.6) is 0 Å². The first-order chi connectivity index (χ1) is 12.2. The molecule has 9 heteroatoms. The fourth-order valence-corrected chi connectivity index (χ4v) is 3.56. The highest BCUT2D eigenvalue weighted by Gasteiger charge is 2.31. The summed E-state index contributed by atoms with van der Waals surface area (Å²) >= 11 is 0. The Balaban J connectivity index is 1.90. The van der Waals surface area contributed by atoms with Crippen LogP contribution in [0.25, 0.3) is 5.65 Å². The van der Waals surface area contributed by atoms with Crippen LogP contribution in [0.1, 0.15) is 31.0 Å². The van der Waals surface area contributed by atoms with Crippen molar-refractivity contribution in [3.05, 3.63) is 21.4 Å². The van der Waals surface area contributed by atoms with Crippen molar-refractivity contribution in [2.75, 3.05) is 43.1 Å². The summed E-state index contributed by atoms with van der Waals surface area (Å²) in [5.74, 6) is 1.68. The molecule has 1 saturated heterocycles. The van der Waals surface area contributed by atoms with Gasteiger partial charge in [0, 0.05) is 25.2 Å². The van der Waals surface area contributed by atoms with E-state index in [0.29, 0.717) is 31.0 Å². The number of hydrogen-bond donors (Lipinski definition) is 1. The highest BCUT2D eigenvalue weighted by molar-refractivity contribution is 5.74. The molecule has 134 valence electrons. The molecule has 0 atom stereocenters. The van der Waals surface area contributed by atoms with Crippen molar-refractivity contribution in [2.24, 2.45) is 0 Å². The number of anilines is 2. The fraction of sp³-hybridized carbons (Fsp3) is 0.625. The van der Waals surface area contributed by atoms with E-state index < -0.39 is 0 Å². The lowest BCUT2D eigenvalue weighted by atomic mass is 10.2. The highest BCUT2D eigenvalue weighted by atomic mass is 16.6. The average molecular weight is 346 g/mol. The van der Waals surface area contributed by atoms with E-state index in [-0.39, 0.29) is 10.6 Å². The predicted octanol–water partition coefficient (Wildman–Crippen LogP) is 1.78. The molecule has 2 aromatic rings. The smallest absolute Gasteiger partial charge is 0.336 e. The number of fused-ring (bicyclic) bond motifs is 3. The molecular weight excluding hydrogens is 324 g/mol. The number of ether oxygens (including phenoxy) is 1. The van der Waals surface area contributed by atoms with Crippen LogP contribution >= 0.6 is 0 Å². The second-order valence-electron chi connectivity index (χ2n) is 6.43. The summed E-state index contributed by atoms with van der Waals surface area (Å²) in [5.41, 5.74) is 1.99. The molecule has 0 unspecified atom stereocenters. The number of aryl methyl sites for hydroxylation is 1. The number of nitro groups is 1. The molecule has 25 heavy (non-hydrogen) atoms. The van der Waals surface area contributed by atoms with E-state index in [1.54, 1.807) is 4.52 Å². The maximum absolute atomic E-state index is 11.7. The van der Waals surface area contributed by atoms with Crippen molar-refractivity contribution in [2.45, 2.75) is 32.6 Å². The summed E-state index contributed by atoms with van der Waals surface area (Å²) in [5, 5.41) is 19.6. The zero-order chi connectivity index (χ0) is 17.4. The normalized spacial score (nSPS) is 16.9. The van der Waals surface area contributed by atoms with Gasteiger partial charge in [-0.1, -0.05) is 13.3 Å². The number of aromatic nitrogens is 3. The van der Waals surface area contributed by atoms with E-state index in [0.717, 1.165) is 56.1 Å². The van der Waals surface area contributed by atoms with Crippen molar-refractivity contribution in [1.29, 1.82) is 0 Å². The topological polar surface area (TPSA) is 97.8 Å². The van der Waals surface area contributed by atoms with Gasteiger partial charge in [-0.2, -0.15) is 9.61 Å². The molecule has 0 aliphatic carbocycles. The minimum Gasteiger partial charge on any atom is -0.378 e. The van der Waals surface area contributed by atoms with Crippen molar-refractivity contribution >= 4 is 23.0 Å². The maximum atomic E-state index is 11.7. The number of nitrogens with zero attached hydrogens (tertiary/aromatic N) is 5. The van der Waals surface area contributed by atoms with Crippen LogP contribution in [-0.2, 0) is 17.6 Å². The SMILES string of the molecule is CCCCc1nn2c3c(c(N4CCOCC4)nc2c1[N+](=O)[O-])CCN3. The summed E-state index contributed by atoms with van der Waals surface area (Å²) in [6.45, 7) is 5.66. The lowest BCUT2D eigenvalue weighted by Crippen LogP contribution is -2.37. The molecular formula is C16H22N6O3. The summed E-state index contributed by atoms with van der Waals surface area (Å²) < 4.78 is 7.06. The molecule has 0 saturated carbocycles. The largest absolute Gasteiger partial charge is 0.378 e. The minimum atomic E-state index is -0.342. The van der Waals surface area contributed by atoms with Gasteiger partial charge in [-0.3, -0.25) is 10.1 Å². The van der Waals surface area contributed by atoms with Crippen molar-refractivity contribution in [3.8, 4) is 0 Å². The van der Waals surface area contributed by atoms with Gasteiger partial charge in [0.2, 0.25) is 5.65 Å². The Labute approximate surface area is 145 Å². The van der Waals surface area contributed by atoms with E-state index in [1.807, 2.05) is 0 Å². The van der Waals surface area contributed by atoms with Crippen molar-refractivity contribution < 1.29 is 9.66 Å². The lowest BCUT2D eigenvalue weighted by Gasteiger charge is -2.29. The van der Waals surface area contributed by atoms with Crippen molar-refractivity contribution in [3.63, 3.8) is 0 Å². The Hall–Kier alpha value is -2.42. The number of nitrogens with one attached hydrogen (secondary N) is 1. The van der Waals surface area contributed by atoms with E-state index in [4.69, 9.17) is 9.72 Å². The zero-order valence-corrected chi connectivity index (χ0v) is 14.3.